The van der Waals surface area contributed by atoms with Crippen molar-refractivity contribution in [2.45, 2.75) is 51.2 Å². The Hall–Kier alpha value is -1.86. The molecule has 2 heterocycles. The van der Waals surface area contributed by atoms with Gasteiger partial charge >= 0.3 is 6.18 Å². The van der Waals surface area contributed by atoms with Gasteiger partial charge in [-0.25, -0.2) is 0 Å². The molecule has 2 atom stereocenters. The van der Waals surface area contributed by atoms with Gasteiger partial charge in [0.1, 0.15) is 0 Å². The summed E-state index contributed by atoms with van der Waals surface area (Å²) in [5.74, 6) is 0. The number of aliphatic hydroxyl groups is 1. The van der Waals surface area contributed by atoms with Crippen LogP contribution in [0.25, 0.3) is 0 Å². The molecule has 0 unspecified atom stereocenters. The van der Waals surface area contributed by atoms with E-state index in [-0.39, 0.29) is 12.1 Å². The first-order valence-corrected chi connectivity index (χ1v) is 8.37. The third-order valence-corrected chi connectivity index (χ3v) is 4.54. The number of β-amino-alcohol motifs (C(OH)–C–C–N with tert-alkyl or cyclic N) is 1. The molecule has 7 heteroatoms. The fourth-order valence-corrected chi connectivity index (χ4v) is 3.28. The quantitative estimate of drug-likeness (QED) is 0.909. The average molecular weight is 353 g/mol. The van der Waals surface area contributed by atoms with Gasteiger partial charge in [-0.1, -0.05) is 12.1 Å². The van der Waals surface area contributed by atoms with Gasteiger partial charge in [-0.3, -0.25) is 9.58 Å². The van der Waals surface area contributed by atoms with Gasteiger partial charge in [0, 0.05) is 31.4 Å². The minimum atomic E-state index is -4.37. The molecule has 1 aromatic heterocycles. The summed E-state index contributed by atoms with van der Waals surface area (Å²) in [4.78, 5) is 1.99. The molecule has 0 amide bonds. The monoisotopic (exact) mass is 353 g/mol. The molecule has 0 saturated carbocycles. The summed E-state index contributed by atoms with van der Waals surface area (Å²) in [6.45, 7) is 4.98. The van der Waals surface area contributed by atoms with Gasteiger partial charge in [0.15, 0.2) is 0 Å². The molecule has 4 nitrogen and oxygen atoms in total. The number of aliphatic hydroxyl groups excluding tert-OH is 1. The van der Waals surface area contributed by atoms with Gasteiger partial charge in [-0.15, -0.1) is 0 Å². The van der Waals surface area contributed by atoms with E-state index in [1.54, 1.807) is 6.07 Å². The lowest BCUT2D eigenvalue weighted by molar-refractivity contribution is -0.137. The van der Waals surface area contributed by atoms with Crippen LogP contribution in [0.2, 0.25) is 0 Å². The molecule has 1 fully saturated rings. The highest BCUT2D eigenvalue weighted by atomic mass is 19.4. The number of alkyl halides is 3. The summed E-state index contributed by atoms with van der Waals surface area (Å²) in [5.41, 5.74) is 0.768. The molecule has 1 aliphatic rings. The van der Waals surface area contributed by atoms with Gasteiger partial charge in [0.2, 0.25) is 0 Å². The van der Waals surface area contributed by atoms with E-state index < -0.39 is 17.8 Å². The van der Waals surface area contributed by atoms with E-state index in [1.165, 1.54) is 12.1 Å². The number of halogens is 3. The van der Waals surface area contributed by atoms with E-state index in [2.05, 4.69) is 5.10 Å². The lowest BCUT2D eigenvalue weighted by Crippen LogP contribution is -2.25. The third-order valence-electron chi connectivity index (χ3n) is 4.54. The summed E-state index contributed by atoms with van der Waals surface area (Å²) in [5, 5.41) is 14.5. The first-order valence-electron chi connectivity index (χ1n) is 8.37. The first-order chi connectivity index (χ1) is 11.7. The van der Waals surface area contributed by atoms with Gasteiger partial charge in [0.25, 0.3) is 0 Å². The van der Waals surface area contributed by atoms with Crippen molar-refractivity contribution in [1.29, 1.82) is 0 Å². The molecule has 1 saturated heterocycles. The second-order valence-electron chi connectivity index (χ2n) is 6.84. The van der Waals surface area contributed by atoms with Crippen LogP contribution < -0.4 is 0 Å². The van der Waals surface area contributed by atoms with E-state index in [0.29, 0.717) is 25.1 Å². The number of hydrogen-bond donors (Lipinski definition) is 1. The molecule has 0 bridgehead atoms. The molecule has 3 rings (SSSR count). The fraction of sp³-hybridized carbons (Fsp3) is 0.500. The number of hydrogen-bond acceptors (Lipinski definition) is 3. The number of nitrogens with zero attached hydrogens (tertiary/aromatic N) is 3. The Morgan fingerprint density at radius 2 is 2.04 bits per heavy atom. The molecule has 0 aliphatic carbocycles. The molecule has 2 aromatic rings. The number of rotatable bonds is 4. The largest absolute Gasteiger partial charge is 0.416 e. The maximum atomic E-state index is 13.0. The van der Waals surface area contributed by atoms with E-state index in [1.807, 2.05) is 35.7 Å². The Morgan fingerprint density at radius 1 is 1.28 bits per heavy atom. The highest BCUT2D eigenvalue weighted by Gasteiger charge is 2.35. The van der Waals surface area contributed by atoms with Crippen LogP contribution in [-0.4, -0.2) is 32.4 Å². The van der Waals surface area contributed by atoms with Gasteiger partial charge in [-0.2, -0.15) is 18.3 Å². The van der Waals surface area contributed by atoms with Crippen LogP contribution in [0.5, 0.6) is 0 Å². The predicted octanol–water partition coefficient (Wildman–Crippen LogP) is 3.79. The Bertz CT molecular complexity index is 726. The van der Waals surface area contributed by atoms with Crippen molar-refractivity contribution in [3.8, 4) is 0 Å². The lowest BCUT2D eigenvalue weighted by atomic mass is 10.0. The van der Waals surface area contributed by atoms with Crippen molar-refractivity contribution in [3.63, 3.8) is 0 Å². The maximum Gasteiger partial charge on any atom is 0.416 e. The van der Waals surface area contributed by atoms with Crippen molar-refractivity contribution < 1.29 is 18.3 Å². The van der Waals surface area contributed by atoms with Gasteiger partial charge in [0.05, 0.1) is 17.4 Å². The van der Waals surface area contributed by atoms with Gasteiger partial charge < -0.3 is 5.11 Å². The van der Waals surface area contributed by atoms with E-state index in [9.17, 15) is 18.3 Å². The SMILES string of the molecule is CC(C)n1ccc(CN2C[C@@H](O)C[C@@H]2c2cccc(C(F)(F)F)c2)n1. The predicted molar refractivity (Wildman–Crippen MR) is 87.8 cm³/mol. The minimum absolute atomic E-state index is 0.247. The molecule has 25 heavy (non-hydrogen) atoms. The molecule has 1 N–H and O–H groups in total. The van der Waals surface area contributed by atoms with Crippen molar-refractivity contribution in [2.24, 2.45) is 0 Å². The summed E-state index contributed by atoms with van der Waals surface area (Å²) in [6, 6.07) is 7.28. The fourth-order valence-electron chi connectivity index (χ4n) is 3.28. The van der Waals surface area contributed by atoms with Crippen LogP contribution in [0, 0.1) is 0 Å². The second kappa shape index (κ2) is 6.80. The number of likely N-dealkylation sites (tertiary alicyclic amines) is 1. The van der Waals surface area contributed by atoms with Crippen molar-refractivity contribution in [3.05, 3.63) is 53.3 Å². The van der Waals surface area contributed by atoms with Crippen LogP contribution in [0.15, 0.2) is 36.5 Å². The smallest absolute Gasteiger partial charge is 0.392 e. The molecule has 0 radical (unpaired) electrons. The summed E-state index contributed by atoms with van der Waals surface area (Å²) in [7, 11) is 0. The van der Waals surface area contributed by atoms with Crippen molar-refractivity contribution in [2.75, 3.05) is 6.54 Å². The van der Waals surface area contributed by atoms with Crippen LogP contribution in [0.3, 0.4) is 0 Å². The van der Waals surface area contributed by atoms with Gasteiger partial charge in [-0.05, 0) is 44.0 Å². The zero-order valence-electron chi connectivity index (χ0n) is 14.2. The Morgan fingerprint density at radius 3 is 2.68 bits per heavy atom. The van der Waals surface area contributed by atoms with Crippen LogP contribution in [0.4, 0.5) is 13.2 Å². The van der Waals surface area contributed by atoms with E-state index >= 15 is 0 Å². The van der Waals surface area contributed by atoms with E-state index in [4.69, 9.17) is 0 Å². The zero-order chi connectivity index (χ0) is 18.2. The first kappa shape index (κ1) is 17.9. The number of aromatic nitrogens is 2. The Labute approximate surface area is 144 Å². The minimum Gasteiger partial charge on any atom is -0.392 e. The summed E-state index contributed by atoms with van der Waals surface area (Å²) in [6.07, 6.45) is -2.60. The van der Waals surface area contributed by atoms with E-state index in [0.717, 1.165) is 11.8 Å². The highest BCUT2D eigenvalue weighted by Crippen LogP contribution is 2.36. The lowest BCUT2D eigenvalue weighted by Gasteiger charge is -2.24. The topological polar surface area (TPSA) is 41.3 Å². The zero-order valence-corrected chi connectivity index (χ0v) is 14.2. The van der Waals surface area contributed by atoms with Crippen molar-refractivity contribution >= 4 is 0 Å². The molecule has 1 aromatic carbocycles. The van der Waals surface area contributed by atoms with Crippen LogP contribution >= 0.6 is 0 Å². The average Bonchev–Trinajstić information content (AvgIpc) is 3.14. The summed E-state index contributed by atoms with van der Waals surface area (Å²) >= 11 is 0. The third kappa shape index (κ3) is 4.04. The molecular weight excluding hydrogens is 331 g/mol. The van der Waals surface area contributed by atoms with Crippen molar-refractivity contribution in [1.82, 2.24) is 14.7 Å². The molecular formula is C18H22F3N3O. The normalized spacial score (nSPS) is 22.0. The van der Waals surface area contributed by atoms with Crippen LogP contribution in [-0.2, 0) is 12.7 Å². The summed E-state index contributed by atoms with van der Waals surface area (Å²) < 4.78 is 40.8. The maximum absolute atomic E-state index is 13.0. The molecule has 136 valence electrons. The second-order valence-corrected chi connectivity index (χ2v) is 6.84. The Balaban J connectivity index is 1.82. The Kier molecular flexibility index (Phi) is 4.88. The number of benzene rings is 1. The molecule has 0 spiro atoms. The standard InChI is InChI=1S/C18H22F3N3O/c1-12(2)24-7-6-15(22-24)10-23-11-16(25)9-17(23)13-4-3-5-14(8-13)18(19,20)21/h3-8,12,16-17,25H,9-11H2,1-2H3/t16-,17+/m0/s1. The highest BCUT2D eigenvalue weighted by molar-refractivity contribution is 5.29. The van der Waals surface area contributed by atoms with Crippen LogP contribution in [0.1, 0.15) is 49.2 Å². The molecule has 1 aliphatic heterocycles.